The number of benzene rings is 2. The number of anilines is 1. The van der Waals surface area contributed by atoms with Crippen molar-refractivity contribution in [3.8, 4) is 0 Å². The van der Waals surface area contributed by atoms with Crippen LogP contribution in [0, 0.1) is 0 Å². The molecule has 3 N–H and O–H groups in total. The molecule has 0 saturated heterocycles. The molecular weight excluding hydrogens is 252 g/mol. The lowest BCUT2D eigenvalue weighted by Gasteiger charge is -2.12. The number of nitrogens with one attached hydrogen (secondary N) is 2. The van der Waals surface area contributed by atoms with Gasteiger partial charge in [-0.15, -0.1) is 0 Å². The number of aliphatic hydroxyl groups is 1. The highest BCUT2D eigenvalue weighted by Gasteiger charge is 2.07. The van der Waals surface area contributed by atoms with E-state index in [1.165, 1.54) is 0 Å². The lowest BCUT2D eigenvalue weighted by Crippen LogP contribution is -2.30. The molecule has 0 spiro atoms. The molecule has 4 nitrogen and oxygen atoms in total. The third-order valence-electron chi connectivity index (χ3n) is 2.92. The summed E-state index contributed by atoms with van der Waals surface area (Å²) in [6, 6.07) is 18.4. The van der Waals surface area contributed by atoms with Gasteiger partial charge in [-0.25, -0.2) is 4.79 Å². The summed E-state index contributed by atoms with van der Waals surface area (Å²) in [5.74, 6) is 0. The average molecular weight is 270 g/mol. The Bertz CT molecular complexity index is 529. The van der Waals surface area contributed by atoms with Gasteiger partial charge in [-0.2, -0.15) is 0 Å². The summed E-state index contributed by atoms with van der Waals surface area (Å²) < 4.78 is 0. The second-order valence-electron chi connectivity index (χ2n) is 4.46. The molecule has 0 aliphatic rings. The van der Waals surface area contributed by atoms with Crippen molar-refractivity contribution in [2.75, 3.05) is 11.9 Å². The van der Waals surface area contributed by atoms with Crippen LogP contribution >= 0.6 is 0 Å². The monoisotopic (exact) mass is 270 g/mol. The molecule has 0 heterocycles. The summed E-state index contributed by atoms with van der Waals surface area (Å²) >= 11 is 0. The zero-order chi connectivity index (χ0) is 14.2. The SMILES string of the molecule is O=C(NCCC(O)c1ccccc1)Nc1ccccc1. The van der Waals surface area contributed by atoms with Crippen LogP contribution in [0.1, 0.15) is 18.1 Å². The van der Waals surface area contributed by atoms with E-state index < -0.39 is 6.10 Å². The minimum atomic E-state index is -0.562. The van der Waals surface area contributed by atoms with Gasteiger partial charge in [0, 0.05) is 12.2 Å². The van der Waals surface area contributed by atoms with Crippen LogP contribution in [0.4, 0.5) is 10.5 Å². The number of carbonyl (C=O) groups excluding carboxylic acids is 1. The predicted molar refractivity (Wildman–Crippen MR) is 79.5 cm³/mol. The van der Waals surface area contributed by atoms with Crippen molar-refractivity contribution < 1.29 is 9.90 Å². The van der Waals surface area contributed by atoms with E-state index >= 15 is 0 Å². The molecule has 0 aliphatic heterocycles. The summed E-state index contributed by atoms with van der Waals surface area (Å²) in [5, 5.41) is 15.4. The normalized spacial score (nSPS) is 11.7. The van der Waals surface area contributed by atoms with Crippen LogP contribution < -0.4 is 10.6 Å². The molecule has 0 radical (unpaired) electrons. The van der Waals surface area contributed by atoms with Gasteiger partial charge >= 0.3 is 6.03 Å². The van der Waals surface area contributed by atoms with Crippen molar-refractivity contribution >= 4 is 11.7 Å². The van der Waals surface area contributed by atoms with Crippen molar-refractivity contribution in [3.05, 3.63) is 66.2 Å². The van der Waals surface area contributed by atoms with E-state index in [1.54, 1.807) is 0 Å². The van der Waals surface area contributed by atoms with Crippen molar-refractivity contribution in [1.82, 2.24) is 5.32 Å². The van der Waals surface area contributed by atoms with E-state index in [9.17, 15) is 9.90 Å². The Labute approximate surface area is 118 Å². The predicted octanol–water partition coefficient (Wildman–Crippen LogP) is 2.93. The van der Waals surface area contributed by atoms with Crippen LogP contribution in [0.25, 0.3) is 0 Å². The lowest BCUT2D eigenvalue weighted by atomic mass is 10.1. The van der Waals surface area contributed by atoms with Gasteiger partial charge in [-0.05, 0) is 24.1 Å². The smallest absolute Gasteiger partial charge is 0.319 e. The number of rotatable bonds is 5. The van der Waals surface area contributed by atoms with E-state index in [4.69, 9.17) is 0 Å². The molecule has 0 aliphatic carbocycles. The maximum Gasteiger partial charge on any atom is 0.319 e. The highest BCUT2D eigenvalue weighted by molar-refractivity contribution is 5.89. The van der Waals surface area contributed by atoms with Gasteiger partial charge in [0.2, 0.25) is 0 Å². The molecule has 2 aromatic rings. The fraction of sp³-hybridized carbons (Fsp3) is 0.188. The molecule has 2 aromatic carbocycles. The zero-order valence-corrected chi connectivity index (χ0v) is 11.1. The highest BCUT2D eigenvalue weighted by Crippen LogP contribution is 2.14. The summed E-state index contributed by atoms with van der Waals surface area (Å²) in [4.78, 5) is 11.6. The maximum absolute atomic E-state index is 11.6. The van der Waals surface area contributed by atoms with Crippen molar-refractivity contribution in [2.45, 2.75) is 12.5 Å². The Kier molecular flexibility index (Phi) is 5.15. The van der Waals surface area contributed by atoms with Gasteiger partial charge in [-0.3, -0.25) is 0 Å². The molecule has 0 saturated carbocycles. The number of amides is 2. The average Bonchev–Trinajstić information content (AvgIpc) is 2.49. The fourth-order valence-electron chi connectivity index (χ4n) is 1.86. The van der Waals surface area contributed by atoms with Crippen molar-refractivity contribution in [1.29, 1.82) is 0 Å². The standard InChI is InChI=1S/C16H18N2O2/c19-15(13-7-3-1-4-8-13)11-12-17-16(20)18-14-9-5-2-6-10-14/h1-10,15,19H,11-12H2,(H2,17,18,20). The van der Waals surface area contributed by atoms with E-state index in [2.05, 4.69) is 10.6 Å². The molecule has 0 bridgehead atoms. The summed E-state index contributed by atoms with van der Waals surface area (Å²) in [6.07, 6.45) is -0.0834. The second kappa shape index (κ2) is 7.31. The third-order valence-corrected chi connectivity index (χ3v) is 2.92. The van der Waals surface area contributed by atoms with Crippen LogP contribution in [0.15, 0.2) is 60.7 Å². The Morgan fingerprint density at radius 1 is 1.00 bits per heavy atom. The first-order valence-corrected chi connectivity index (χ1v) is 6.58. The van der Waals surface area contributed by atoms with Crippen LogP contribution in [-0.4, -0.2) is 17.7 Å². The topological polar surface area (TPSA) is 61.4 Å². The summed E-state index contributed by atoms with van der Waals surface area (Å²) in [5.41, 5.74) is 1.60. The van der Waals surface area contributed by atoms with Gasteiger partial charge in [0.1, 0.15) is 0 Å². The quantitative estimate of drug-likeness (QED) is 0.782. The number of hydrogen-bond acceptors (Lipinski definition) is 2. The lowest BCUT2D eigenvalue weighted by molar-refractivity contribution is 0.167. The van der Waals surface area contributed by atoms with E-state index in [0.29, 0.717) is 13.0 Å². The van der Waals surface area contributed by atoms with Crippen LogP contribution in [0.5, 0.6) is 0 Å². The van der Waals surface area contributed by atoms with Crippen LogP contribution in [0.2, 0.25) is 0 Å². The summed E-state index contributed by atoms with van der Waals surface area (Å²) in [6.45, 7) is 0.411. The largest absolute Gasteiger partial charge is 0.388 e. The minimum Gasteiger partial charge on any atom is -0.388 e. The second-order valence-corrected chi connectivity index (χ2v) is 4.46. The van der Waals surface area contributed by atoms with Crippen molar-refractivity contribution in [2.24, 2.45) is 0 Å². The summed E-state index contributed by atoms with van der Waals surface area (Å²) in [7, 11) is 0. The maximum atomic E-state index is 11.6. The van der Waals surface area contributed by atoms with E-state index in [1.807, 2.05) is 60.7 Å². The Morgan fingerprint density at radius 2 is 1.60 bits per heavy atom. The fourth-order valence-corrected chi connectivity index (χ4v) is 1.86. The van der Waals surface area contributed by atoms with Gasteiger partial charge in [0.05, 0.1) is 6.10 Å². The molecule has 1 unspecified atom stereocenters. The first-order valence-electron chi connectivity index (χ1n) is 6.58. The van der Waals surface area contributed by atoms with Crippen LogP contribution in [0.3, 0.4) is 0 Å². The Morgan fingerprint density at radius 3 is 2.25 bits per heavy atom. The first kappa shape index (κ1) is 14.1. The number of hydrogen-bond donors (Lipinski definition) is 3. The molecule has 2 rings (SSSR count). The van der Waals surface area contributed by atoms with Crippen molar-refractivity contribution in [3.63, 3.8) is 0 Å². The highest BCUT2D eigenvalue weighted by atomic mass is 16.3. The zero-order valence-electron chi connectivity index (χ0n) is 11.1. The molecule has 20 heavy (non-hydrogen) atoms. The van der Waals surface area contributed by atoms with Gasteiger partial charge < -0.3 is 15.7 Å². The molecule has 4 heteroatoms. The molecular formula is C16H18N2O2. The number of urea groups is 1. The molecule has 1 atom stereocenters. The molecule has 0 aromatic heterocycles. The Balaban J connectivity index is 1.72. The van der Waals surface area contributed by atoms with Gasteiger partial charge in [-0.1, -0.05) is 48.5 Å². The molecule has 104 valence electrons. The molecule has 0 fully saturated rings. The number of aliphatic hydroxyl groups excluding tert-OH is 1. The van der Waals surface area contributed by atoms with Gasteiger partial charge in [0.25, 0.3) is 0 Å². The third kappa shape index (κ3) is 4.40. The molecule has 2 amide bonds. The minimum absolute atomic E-state index is 0.267. The first-order chi connectivity index (χ1) is 9.75. The number of carbonyl (C=O) groups is 1. The van der Waals surface area contributed by atoms with Gasteiger partial charge in [0.15, 0.2) is 0 Å². The van der Waals surface area contributed by atoms with Crippen LogP contribution in [-0.2, 0) is 0 Å². The van der Waals surface area contributed by atoms with E-state index in [0.717, 1.165) is 11.3 Å². The van der Waals surface area contributed by atoms with E-state index in [-0.39, 0.29) is 6.03 Å². The number of para-hydroxylation sites is 1. The Hall–Kier alpha value is -2.33.